The van der Waals surface area contributed by atoms with E-state index >= 15 is 0 Å². The van der Waals surface area contributed by atoms with E-state index in [-0.39, 0.29) is 24.2 Å². The highest BCUT2D eigenvalue weighted by molar-refractivity contribution is 5.82. The van der Waals surface area contributed by atoms with E-state index in [1.165, 1.54) is 25.3 Å². The van der Waals surface area contributed by atoms with Gasteiger partial charge in [-0.1, -0.05) is 0 Å². The molecule has 0 bridgehead atoms. The van der Waals surface area contributed by atoms with Gasteiger partial charge in [-0.25, -0.2) is 4.39 Å². The van der Waals surface area contributed by atoms with Crippen molar-refractivity contribution in [3.8, 4) is 0 Å². The summed E-state index contributed by atoms with van der Waals surface area (Å²) in [6, 6.07) is 9.74. The Balaban J connectivity index is 1.64. The third-order valence-corrected chi connectivity index (χ3v) is 6.17. The molecule has 4 rings (SSSR count). The molecule has 0 spiro atoms. The van der Waals surface area contributed by atoms with Gasteiger partial charge in [0.15, 0.2) is 0 Å². The predicted molar refractivity (Wildman–Crippen MR) is 113 cm³/mol. The van der Waals surface area contributed by atoms with Crippen LogP contribution in [0.5, 0.6) is 0 Å². The van der Waals surface area contributed by atoms with Gasteiger partial charge in [-0.2, -0.15) is 13.2 Å². The Hall–Kier alpha value is -2.81. The van der Waals surface area contributed by atoms with Crippen molar-refractivity contribution in [1.29, 1.82) is 0 Å². The van der Waals surface area contributed by atoms with E-state index in [0.29, 0.717) is 38.3 Å². The van der Waals surface area contributed by atoms with Crippen molar-refractivity contribution in [1.82, 2.24) is 5.32 Å². The zero-order valence-corrected chi connectivity index (χ0v) is 17.7. The number of nitrogens with zero attached hydrogens (tertiary/aromatic N) is 2. The van der Waals surface area contributed by atoms with Crippen molar-refractivity contribution in [2.24, 2.45) is 5.92 Å². The number of methoxy groups -OCH3 is 1. The van der Waals surface area contributed by atoms with Crippen LogP contribution in [0, 0.1) is 11.7 Å². The molecule has 1 N–H and O–H groups in total. The van der Waals surface area contributed by atoms with E-state index < -0.39 is 17.7 Å². The second-order valence-electron chi connectivity index (χ2n) is 8.12. The Kier molecular flexibility index (Phi) is 6.28. The molecule has 1 amide bonds. The van der Waals surface area contributed by atoms with Crippen molar-refractivity contribution in [3.05, 3.63) is 59.4 Å². The molecule has 1 fully saturated rings. The van der Waals surface area contributed by atoms with Crippen molar-refractivity contribution in [3.63, 3.8) is 0 Å². The molecule has 2 atom stereocenters. The number of anilines is 2. The van der Waals surface area contributed by atoms with E-state index in [1.54, 1.807) is 12.1 Å². The lowest BCUT2D eigenvalue weighted by Gasteiger charge is -2.49. The summed E-state index contributed by atoms with van der Waals surface area (Å²) in [6.45, 7) is 2.34. The van der Waals surface area contributed by atoms with Gasteiger partial charge in [0.2, 0.25) is 5.91 Å². The topological polar surface area (TPSA) is 44.8 Å². The maximum atomic E-state index is 13.3. The number of ether oxygens (including phenoxy) is 1. The van der Waals surface area contributed by atoms with E-state index in [2.05, 4.69) is 10.2 Å². The highest BCUT2D eigenvalue weighted by atomic mass is 19.4. The van der Waals surface area contributed by atoms with E-state index in [9.17, 15) is 22.4 Å². The maximum Gasteiger partial charge on any atom is 0.416 e. The molecule has 2 aromatic carbocycles. The molecule has 5 nitrogen and oxygen atoms in total. The molecule has 2 aliphatic heterocycles. The fourth-order valence-corrected chi connectivity index (χ4v) is 4.59. The van der Waals surface area contributed by atoms with Crippen LogP contribution in [0.3, 0.4) is 0 Å². The molecule has 1 saturated heterocycles. The van der Waals surface area contributed by atoms with Crippen LogP contribution in [0.4, 0.5) is 28.9 Å². The number of piperazine rings is 1. The number of benzene rings is 2. The van der Waals surface area contributed by atoms with Crippen molar-refractivity contribution < 1.29 is 27.1 Å². The van der Waals surface area contributed by atoms with Gasteiger partial charge < -0.3 is 19.9 Å². The summed E-state index contributed by atoms with van der Waals surface area (Å²) >= 11 is 0. The first-order valence-corrected chi connectivity index (χ1v) is 10.5. The lowest BCUT2D eigenvalue weighted by Crippen LogP contribution is -2.61. The Morgan fingerprint density at radius 2 is 1.91 bits per heavy atom. The predicted octanol–water partition coefficient (Wildman–Crippen LogP) is 3.47. The maximum absolute atomic E-state index is 13.3. The Morgan fingerprint density at radius 1 is 1.16 bits per heavy atom. The molecule has 0 saturated carbocycles. The minimum atomic E-state index is -4.44. The Labute approximate surface area is 183 Å². The van der Waals surface area contributed by atoms with E-state index in [1.807, 2.05) is 4.90 Å². The molecule has 32 heavy (non-hydrogen) atoms. The number of rotatable bonds is 5. The molecule has 0 aliphatic carbocycles. The normalized spacial score (nSPS) is 20.5. The van der Waals surface area contributed by atoms with Gasteiger partial charge in [0.25, 0.3) is 0 Å². The van der Waals surface area contributed by atoms with Crippen LogP contribution in [0.1, 0.15) is 11.1 Å². The van der Waals surface area contributed by atoms with Crippen LogP contribution in [0.2, 0.25) is 0 Å². The molecule has 0 radical (unpaired) electrons. The Bertz CT molecular complexity index is 965. The summed E-state index contributed by atoms with van der Waals surface area (Å²) in [6.07, 6.45) is -4.22. The van der Waals surface area contributed by atoms with Crippen LogP contribution in [-0.2, 0) is 22.1 Å². The molecule has 172 valence electrons. The lowest BCUT2D eigenvalue weighted by atomic mass is 9.82. The standard InChI is InChI=1S/C23H25F4N3O2/c1-32-11-8-28-22(31)19-13-15-12-16(23(25,26)27)2-7-20(15)30-10-9-29(14-21(19)30)18-5-3-17(24)4-6-18/h2-7,12,19,21H,8-11,13-14H2,1H3,(H,28,31)/t19-,21+/m1/s1. The highest BCUT2D eigenvalue weighted by Crippen LogP contribution is 2.40. The molecule has 9 heteroatoms. The number of hydrogen-bond donors (Lipinski definition) is 1. The number of carbonyl (C=O) groups is 1. The molecule has 2 aliphatic rings. The van der Waals surface area contributed by atoms with E-state index in [0.717, 1.165) is 23.5 Å². The van der Waals surface area contributed by atoms with Gasteiger partial charge >= 0.3 is 6.18 Å². The average molecular weight is 451 g/mol. The van der Waals surface area contributed by atoms with Gasteiger partial charge in [-0.05, 0) is 54.4 Å². The third-order valence-electron chi connectivity index (χ3n) is 6.17. The minimum absolute atomic E-state index is 0.207. The van der Waals surface area contributed by atoms with Crippen LogP contribution < -0.4 is 15.1 Å². The first kappa shape index (κ1) is 22.4. The first-order valence-electron chi connectivity index (χ1n) is 10.5. The number of alkyl halides is 3. The number of hydrogen-bond acceptors (Lipinski definition) is 4. The van der Waals surface area contributed by atoms with Crippen molar-refractivity contribution in [2.75, 3.05) is 49.7 Å². The number of amides is 1. The molecular weight excluding hydrogens is 426 g/mol. The van der Waals surface area contributed by atoms with Gasteiger partial charge in [-0.3, -0.25) is 4.79 Å². The molecule has 2 heterocycles. The highest BCUT2D eigenvalue weighted by Gasteiger charge is 2.42. The number of fused-ring (bicyclic) bond motifs is 3. The summed E-state index contributed by atoms with van der Waals surface area (Å²) in [5.74, 6) is -1.05. The summed E-state index contributed by atoms with van der Waals surface area (Å²) < 4.78 is 58.2. The van der Waals surface area contributed by atoms with Crippen molar-refractivity contribution in [2.45, 2.75) is 18.6 Å². The zero-order chi connectivity index (χ0) is 22.9. The van der Waals surface area contributed by atoms with Crippen molar-refractivity contribution >= 4 is 17.3 Å². The summed E-state index contributed by atoms with van der Waals surface area (Å²) in [5, 5.41) is 2.84. The fourth-order valence-electron chi connectivity index (χ4n) is 4.59. The summed E-state index contributed by atoms with van der Waals surface area (Å²) in [5.41, 5.74) is 1.40. The number of carbonyl (C=O) groups excluding carboxylic acids is 1. The average Bonchev–Trinajstić information content (AvgIpc) is 2.77. The monoisotopic (exact) mass is 451 g/mol. The first-order chi connectivity index (χ1) is 15.3. The van der Waals surface area contributed by atoms with Crippen LogP contribution in [0.15, 0.2) is 42.5 Å². The summed E-state index contributed by atoms with van der Waals surface area (Å²) in [4.78, 5) is 17.2. The number of halogens is 4. The third kappa shape index (κ3) is 4.53. The van der Waals surface area contributed by atoms with Gasteiger partial charge in [0, 0.05) is 44.7 Å². The molecule has 0 aromatic heterocycles. The molecule has 0 unspecified atom stereocenters. The second kappa shape index (κ2) is 8.97. The lowest BCUT2D eigenvalue weighted by molar-refractivity contribution is -0.137. The van der Waals surface area contributed by atoms with Crippen LogP contribution >= 0.6 is 0 Å². The van der Waals surface area contributed by atoms with Crippen LogP contribution in [-0.4, -0.2) is 51.8 Å². The largest absolute Gasteiger partial charge is 0.416 e. The quantitative estimate of drug-likeness (QED) is 0.559. The van der Waals surface area contributed by atoms with Gasteiger partial charge in [-0.15, -0.1) is 0 Å². The van der Waals surface area contributed by atoms with Crippen LogP contribution in [0.25, 0.3) is 0 Å². The van der Waals surface area contributed by atoms with Gasteiger partial charge in [0.1, 0.15) is 5.82 Å². The second-order valence-corrected chi connectivity index (χ2v) is 8.12. The summed E-state index contributed by atoms with van der Waals surface area (Å²) in [7, 11) is 1.53. The molecular formula is C23H25F4N3O2. The number of nitrogens with one attached hydrogen (secondary N) is 1. The smallest absolute Gasteiger partial charge is 0.383 e. The Morgan fingerprint density at radius 3 is 2.59 bits per heavy atom. The SMILES string of the molecule is COCCNC(=O)[C@@H]1Cc2cc(C(F)(F)F)ccc2N2CCN(c3ccc(F)cc3)C[C@@H]12. The van der Waals surface area contributed by atoms with E-state index in [4.69, 9.17) is 4.74 Å². The zero-order valence-electron chi connectivity index (χ0n) is 17.7. The molecule has 2 aromatic rings. The fraction of sp³-hybridized carbons (Fsp3) is 0.435. The van der Waals surface area contributed by atoms with Gasteiger partial charge in [0.05, 0.1) is 24.1 Å². The minimum Gasteiger partial charge on any atom is -0.383 e.